The third kappa shape index (κ3) is 6.60. The van der Waals surface area contributed by atoms with Crippen molar-refractivity contribution in [3.8, 4) is 5.75 Å². The topological polar surface area (TPSA) is 79.3 Å². The monoisotopic (exact) mass is 594 g/mol. The molecule has 214 valence electrons. The molecule has 41 heavy (non-hydrogen) atoms. The van der Waals surface area contributed by atoms with Crippen LogP contribution < -0.4 is 4.74 Å². The summed E-state index contributed by atoms with van der Waals surface area (Å²) in [6, 6.07) is 19.1. The number of carbonyl (C=O) groups is 2. The van der Waals surface area contributed by atoms with Crippen molar-refractivity contribution in [1.29, 1.82) is 0 Å². The molecule has 7 nitrogen and oxygen atoms in total. The van der Waals surface area contributed by atoms with Crippen molar-refractivity contribution in [2.24, 2.45) is 0 Å². The maximum Gasteiger partial charge on any atom is 0.295 e. The van der Waals surface area contributed by atoms with Crippen LogP contribution in [0.3, 0.4) is 0 Å². The van der Waals surface area contributed by atoms with Crippen LogP contribution in [0, 0.1) is 6.92 Å². The summed E-state index contributed by atoms with van der Waals surface area (Å²) in [6.07, 6.45) is 0.654. The highest BCUT2D eigenvalue weighted by molar-refractivity contribution is 6.47. The van der Waals surface area contributed by atoms with E-state index in [1.54, 1.807) is 36.4 Å². The first-order valence-corrected chi connectivity index (χ1v) is 14.4. The Morgan fingerprint density at radius 3 is 2.46 bits per heavy atom. The predicted molar refractivity (Wildman–Crippen MR) is 159 cm³/mol. The first-order valence-electron chi connectivity index (χ1n) is 13.6. The molecule has 3 aromatic carbocycles. The van der Waals surface area contributed by atoms with E-state index in [1.807, 2.05) is 37.3 Å². The summed E-state index contributed by atoms with van der Waals surface area (Å²) in [4.78, 5) is 30.6. The molecule has 0 aliphatic carbocycles. The SMILES string of the molecule is Cc1cc(/C(O)=C2\C(=O)C(=O)N(CCCN3CCOCC3)[C@@H]2c2ccc(Cl)cc2Cl)ccc1OCc1ccccc1. The first-order chi connectivity index (χ1) is 19.8. The van der Waals surface area contributed by atoms with Crippen LogP contribution in [0.2, 0.25) is 10.0 Å². The molecule has 3 aromatic rings. The van der Waals surface area contributed by atoms with Gasteiger partial charge < -0.3 is 19.5 Å². The van der Waals surface area contributed by atoms with E-state index in [-0.39, 0.29) is 11.3 Å². The molecule has 5 rings (SSSR count). The molecule has 0 unspecified atom stereocenters. The highest BCUT2D eigenvalue weighted by atomic mass is 35.5. The number of likely N-dealkylation sites (tertiary alicyclic amines) is 1. The Labute approximate surface area is 249 Å². The lowest BCUT2D eigenvalue weighted by Crippen LogP contribution is -2.39. The highest BCUT2D eigenvalue weighted by Gasteiger charge is 2.46. The molecule has 0 bridgehead atoms. The van der Waals surface area contributed by atoms with E-state index in [0.717, 1.165) is 30.8 Å². The van der Waals surface area contributed by atoms with Gasteiger partial charge in [-0.2, -0.15) is 0 Å². The van der Waals surface area contributed by atoms with E-state index in [9.17, 15) is 14.7 Å². The van der Waals surface area contributed by atoms with Gasteiger partial charge in [-0.05, 0) is 60.4 Å². The normalized spacial score (nSPS) is 19.1. The maximum atomic E-state index is 13.4. The molecule has 2 saturated heterocycles. The van der Waals surface area contributed by atoms with Gasteiger partial charge in [-0.25, -0.2) is 0 Å². The van der Waals surface area contributed by atoms with Crippen LogP contribution in [-0.4, -0.2) is 66.0 Å². The van der Waals surface area contributed by atoms with Crippen molar-refractivity contribution < 1.29 is 24.2 Å². The number of rotatable bonds is 9. The average molecular weight is 596 g/mol. The molecule has 0 spiro atoms. The summed E-state index contributed by atoms with van der Waals surface area (Å²) in [5.74, 6) is -1.00. The number of aliphatic hydroxyl groups is 1. The summed E-state index contributed by atoms with van der Waals surface area (Å²) in [6.45, 7) is 6.38. The summed E-state index contributed by atoms with van der Waals surface area (Å²) in [5.41, 5.74) is 2.76. The largest absolute Gasteiger partial charge is 0.507 e. The molecule has 2 heterocycles. The van der Waals surface area contributed by atoms with Crippen molar-refractivity contribution >= 4 is 40.7 Å². The number of hydrogen-bond donors (Lipinski definition) is 1. The van der Waals surface area contributed by atoms with Gasteiger partial charge in [0.05, 0.1) is 24.8 Å². The van der Waals surface area contributed by atoms with E-state index in [1.165, 1.54) is 4.90 Å². The van der Waals surface area contributed by atoms with Crippen LogP contribution in [0.4, 0.5) is 0 Å². The smallest absolute Gasteiger partial charge is 0.295 e. The Kier molecular flexibility index (Phi) is 9.30. The number of ketones is 1. The number of aliphatic hydroxyl groups excluding tert-OH is 1. The summed E-state index contributed by atoms with van der Waals surface area (Å²) in [7, 11) is 0. The molecule has 2 aliphatic rings. The van der Waals surface area contributed by atoms with Crippen LogP contribution in [0.25, 0.3) is 5.76 Å². The van der Waals surface area contributed by atoms with E-state index < -0.39 is 17.7 Å². The summed E-state index contributed by atoms with van der Waals surface area (Å²) < 4.78 is 11.4. The fourth-order valence-corrected chi connectivity index (χ4v) is 5.81. The van der Waals surface area contributed by atoms with Gasteiger partial charge in [-0.15, -0.1) is 0 Å². The van der Waals surface area contributed by atoms with Crippen molar-refractivity contribution in [3.63, 3.8) is 0 Å². The van der Waals surface area contributed by atoms with Crippen LogP contribution in [0.15, 0.2) is 72.3 Å². The number of aryl methyl sites for hydroxylation is 1. The fourth-order valence-electron chi connectivity index (χ4n) is 5.30. The van der Waals surface area contributed by atoms with Crippen molar-refractivity contribution in [3.05, 3.63) is 105 Å². The molecule has 0 saturated carbocycles. The zero-order chi connectivity index (χ0) is 28.9. The summed E-state index contributed by atoms with van der Waals surface area (Å²) >= 11 is 12.8. The van der Waals surface area contributed by atoms with Gasteiger partial charge in [-0.1, -0.05) is 59.6 Å². The van der Waals surface area contributed by atoms with Crippen molar-refractivity contribution in [1.82, 2.24) is 9.80 Å². The number of hydrogen-bond acceptors (Lipinski definition) is 6. The minimum atomic E-state index is -0.848. The van der Waals surface area contributed by atoms with Crippen molar-refractivity contribution in [2.75, 3.05) is 39.4 Å². The first kappa shape index (κ1) is 29.1. The molecular weight excluding hydrogens is 563 g/mol. The molecule has 2 aliphatic heterocycles. The molecule has 2 fully saturated rings. The Morgan fingerprint density at radius 1 is 1.00 bits per heavy atom. The molecule has 1 N–H and O–H groups in total. The fraction of sp³-hybridized carbons (Fsp3) is 0.312. The lowest BCUT2D eigenvalue weighted by Gasteiger charge is -2.29. The zero-order valence-corrected chi connectivity index (χ0v) is 24.3. The van der Waals surface area contributed by atoms with Gasteiger partial charge in [0.15, 0.2) is 0 Å². The predicted octanol–water partition coefficient (Wildman–Crippen LogP) is 6.02. The number of ether oxygens (including phenoxy) is 2. The molecule has 9 heteroatoms. The second-order valence-electron chi connectivity index (χ2n) is 10.2. The lowest BCUT2D eigenvalue weighted by atomic mass is 9.94. The number of carbonyl (C=O) groups excluding carboxylic acids is 2. The third-order valence-electron chi connectivity index (χ3n) is 7.46. The van der Waals surface area contributed by atoms with E-state index >= 15 is 0 Å². The maximum absolute atomic E-state index is 13.4. The lowest BCUT2D eigenvalue weighted by molar-refractivity contribution is -0.140. The van der Waals surface area contributed by atoms with E-state index in [0.29, 0.717) is 59.7 Å². The number of benzene rings is 3. The van der Waals surface area contributed by atoms with E-state index in [4.69, 9.17) is 32.7 Å². The van der Waals surface area contributed by atoms with Crippen LogP contribution in [0.5, 0.6) is 5.75 Å². The van der Waals surface area contributed by atoms with Crippen molar-refractivity contribution in [2.45, 2.75) is 26.0 Å². The number of halogens is 2. The Bertz CT molecular complexity index is 1450. The number of morpholine rings is 1. The quantitative estimate of drug-likeness (QED) is 0.185. The molecule has 0 radical (unpaired) electrons. The molecule has 1 amide bonds. The van der Waals surface area contributed by atoms with Gasteiger partial charge >= 0.3 is 0 Å². The second-order valence-corrected chi connectivity index (χ2v) is 11.1. The van der Waals surface area contributed by atoms with Crippen LogP contribution >= 0.6 is 23.2 Å². The van der Waals surface area contributed by atoms with Gasteiger partial charge in [0.1, 0.15) is 18.1 Å². The molecule has 0 aromatic heterocycles. The Balaban J connectivity index is 1.44. The number of amides is 1. The minimum absolute atomic E-state index is 0.00273. The number of Topliss-reactive ketones (excluding diaryl/α,β-unsaturated/α-hetero) is 1. The second kappa shape index (κ2) is 13.1. The van der Waals surface area contributed by atoms with E-state index in [2.05, 4.69) is 4.90 Å². The van der Waals surface area contributed by atoms with Crippen LogP contribution in [-0.2, 0) is 20.9 Å². The number of nitrogens with zero attached hydrogens (tertiary/aromatic N) is 2. The Hall–Kier alpha value is -3.36. The van der Waals surface area contributed by atoms with Gasteiger partial charge in [0, 0.05) is 41.8 Å². The third-order valence-corrected chi connectivity index (χ3v) is 8.02. The van der Waals surface area contributed by atoms with Gasteiger partial charge in [0.25, 0.3) is 11.7 Å². The van der Waals surface area contributed by atoms with Gasteiger partial charge in [-0.3, -0.25) is 14.5 Å². The van der Waals surface area contributed by atoms with Crippen LogP contribution in [0.1, 0.15) is 34.7 Å². The zero-order valence-electron chi connectivity index (χ0n) is 22.8. The highest BCUT2D eigenvalue weighted by Crippen LogP contribution is 2.42. The summed E-state index contributed by atoms with van der Waals surface area (Å²) in [5, 5.41) is 12.3. The van der Waals surface area contributed by atoms with Gasteiger partial charge in [0.2, 0.25) is 0 Å². The average Bonchev–Trinajstić information content (AvgIpc) is 3.22. The molecule has 1 atom stereocenters. The minimum Gasteiger partial charge on any atom is -0.507 e. The standard InChI is InChI=1S/C32H32Cl2N2O5/c1-21-18-23(8-11-27(21)41-20-22-6-3-2-4-7-22)30(37)28-29(25-10-9-24(33)19-26(25)34)36(32(39)31(28)38)13-5-12-35-14-16-40-17-15-35/h2-4,6-11,18-19,29,37H,5,12-17,20H2,1H3/b30-28+/t29-/m1/s1. The Morgan fingerprint density at radius 2 is 1.76 bits per heavy atom. The molecular formula is C32H32Cl2N2O5.